The molecule has 3 aromatic rings. The minimum absolute atomic E-state index is 0.0116. The third-order valence-electron chi connectivity index (χ3n) is 6.11. The van der Waals surface area contributed by atoms with Crippen LogP contribution in [0.15, 0.2) is 60.2 Å². The fourth-order valence-corrected chi connectivity index (χ4v) is 4.87. The Labute approximate surface area is 225 Å². The van der Waals surface area contributed by atoms with Gasteiger partial charge in [0.15, 0.2) is 11.5 Å². The van der Waals surface area contributed by atoms with Gasteiger partial charge in [0.25, 0.3) is 11.7 Å². The van der Waals surface area contributed by atoms with Crippen molar-refractivity contribution in [1.82, 2.24) is 0 Å². The van der Waals surface area contributed by atoms with E-state index in [2.05, 4.69) is 0 Å². The summed E-state index contributed by atoms with van der Waals surface area (Å²) in [6.07, 6.45) is 0. The van der Waals surface area contributed by atoms with Gasteiger partial charge in [0, 0.05) is 11.8 Å². The van der Waals surface area contributed by atoms with Gasteiger partial charge in [0.05, 0.1) is 42.5 Å². The number of amides is 1. The number of ketones is 1. The molecule has 0 spiro atoms. The normalized spacial score (nSPS) is 16.6. The number of benzene rings is 3. The molecule has 0 aromatic heterocycles. The molecule has 1 aliphatic heterocycles. The molecule has 4 rings (SSSR count). The Morgan fingerprint density at radius 2 is 1.63 bits per heavy atom. The Morgan fingerprint density at radius 1 is 0.974 bits per heavy atom. The van der Waals surface area contributed by atoms with Gasteiger partial charge in [-0.3, -0.25) is 14.5 Å². The standard InChI is InChI=1S/C29H28ClNO7/c1-5-37-22-12-9-18(15-23(22)38-6-2)31-25(17-7-10-19(32)11-8-17)24(27(34)29(31)35)26(33)20-13-16(3)14-21(30)28(20)36-4/h7-15,25,32-33H,5-6H2,1-4H3/b26-24+. The van der Waals surface area contributed by atoms with Crippen molar-refractivity contribution in [3.8, 4) is 23.0 Å². The summed E-state index contributed by atoms with van der Waals surface area (Å²) in [5, 5.41) is 21.6. The summed E-state index contributed by atoms with van der Waals surface area (Å²) in [4.78, 5) is 28.3. The summed E-state index contributed by atoms with van der Waals surface area (Å²) in [6.45, 7) is 6.23. The minimum Gasteiger partial charge on any atom is -0.508 e. The van der Waals surface area contributed by atoms with Gasteiger partial charge in [-0.25, -0.2) is 0 Å². The molecule has 0 radical (unpaired) electrons. The van der Waals surface area contributed by atoms with Crippen LogP contribution in [0.4, 0.5) is 5.69 Å². The van der Waals surface area contributed by atoms with Crippen LogP contribution in [0.5, 0.6) is 23.0 Å². The SMILES string of the molecule is CCOc1ccc(N2C(=O)C(=O)/C(=C(/O)c3cc(C)cc(Cl)c3OC)C2c2ccc(O)cc2)cc1OCC. The lowest BCUT2D eigenvalue weighted by atomic mass is 9.94. The van der Waals surface area contributed by atoms with Gasteiger partial charge in [-0.2, -0.15) is 0 Å². The molecule has 1 heterocycles. The van der Waals surface area contributed by atoms with Crippen LogP contribution < -0.4 is 19.1 Å². The number of methoxy groups -OCH3 is 1. The number of ether oxygens (including phenoxy) is 3. The Bertz CT molecular complexity index is 1420. The highest BCUT2D eigenvalue weighted by Crippen LogP contribution is 2.46. The van der Waals surface area contributed by atoms with E-state index in [-0.39, 0.29) is 27.7 Å². The number of hydrogen-bond acceptors (Lipinski definition) is 7. The number of aromatic hydroxyl groups is 1. The number of carbonyl (C=O) groups excluding carboxylic acids is 2. The van der Waals surface area contributed by atoms with Crippen molar-refractivity contribution in [1.29, 1.82) is 0 Å². The molecule has 198 valence electrons. The van der Waals surface area contributed by atoms with Crippen LogP contribution in [-0.2, 0) is 9.59 Å². The van der Waals surface area contributed by atoms with E-state index in [1.165, 1.54) is 24.1 Å². The highest BCUT2D eigenvalue weighted by molar-refractivity contribution is 6.51. The lowest BCUT2D eigenvalue weighted by Crippen LogP contribution is -2.29. The van der Waals surface area contributed by atoms with Crippen LogP contribution in [0, 0.1) is 6.92 Å². The quantitative estimate of drug-likeness (QED) is 0.213. The van der Waals surface area contributed by atoms with E-state index in [9.17, 15) is 19.8 Å². The van der Waals surface area contributed by atoms with Crippen LogP contribution in [0.1, 0.15) is 36.6 Å². The summed E-state index contributed by atoms with van der Waals surface area (Å²) < 4.78 is 16.8. The van der Waals surface area contributed by atoms with Crippen molar-refractivity contribution in [3.05, 3.63) is 81.9 Å². The monoisotopic (exact) mass is 537 g/mol. The fourth-order valence-electron chi connectivity index (χ4n) is 4.52. The maximum atomic E-state index is 13.5. The molecular weight excluding hydrogens is 510 g/mol. The van der Waals surface area contributed by atoms with E-state index in [1.807, 2.05) is 13.8 Å². The molecule has 0 saturated carbocycles. The van der Waals surface area contributed by atoms with Crippen molar-refractivity contribution in [2.45, 2.75) is 26.8 Å². The number of phenols is 1. The van der Waals surface area contributed by atoms with E-state index < -0.39 is 23.5 Å². The van der Waals surface area contributed by atoms with E-state index >= 15 is 0 Å². The van der Waals surface area contributed by atoms with Gasteiger partial charge >= 0.3 is 0 Å². The number of aliphatic hydroxyl groups is 1. The zero-order valence-electron chi connectivity index (χ0n) is 21.4. The predicted molar refractivity (Wildman–Crippen MR) is 144 cm³/mol. The highest BCUT2D eigenvalue weighted by Gasteiger charge is 2.47. The van der Waals surface area contributed by atoms with Gasteiger partial charge in [0.2, 0.25) is 0 Å². The maximum Gasteiger partial charge on any atom is 0.300 e. The second-order valence-corrected chi connectivity index (χ2v) is 8.99. The van der Waals surface area contributed by atoms with E-state index in [1.54, 1.807) is 49.4 Å². The third kappa shape index (κ3) is 4.87. The number of Topliss-reactive ketones (excluding diaryl/α,β-unsaturated/α-hetero) is 1. The van der Waals surface area contributed by atoms with E-state index in [0.29, 0.717) is 36.0 Å². The summed E-state index contributed by atoms with van der Waals surface area (Å²) >= 11 is 6.36. The molecule has 9 heteroatoms. The Hall–Kier alpha value is -4.17. The first-order valence-corrected chi connectivity index (χ1v) is 12.4. The topological polar surface area (TPSA) is 106 Å². The molecule has 1 atom stereocenters. The largest absolute Gasteiger partial charge is 0.508 e. The summed E-state index contributed by atoms with van der Waals surface area (Å²) in [7, 11) is 1.40. The Kier molecular flexibility index (Phi) is 7.83. The van der Waals surface area contributed by atoms with Crippen LogP contribution in [0.3, 0.4) is 0 Å². The zero-order valence-corrected chi connectivity index (χ0v) is 22.2. The summed E-state index contributed by atoms with van der Waals surface area (Å²) in [5.41, 5.74) is 1.62. The molecule has 1 aliphatic rings. The number of phenolic OH excluding ortho intramolecular Hbond substituents is 1. The first-order valence-electron chi connectivity index (χ1n) is 12.1. The average molecular weight is 538 g/mol. The van der Waals surface area contributed by atoms with Crippen molar-refractivity contribution < 1.29 is 34.0 Å². The fraction of sp³-hybridized carbons (Fsp3) is 0.241. The molecule has 0 bridgehead atoms. The number of rotatable bonds is 8. The molecule has 1 fully saturated rings. The Balaban J connectivity index is 1.97. The van der Waals surface area contributed by atoms with Crippen molar-refractivity contribution in [3.63, 3.8) is 0 Å². The minimum atomic E-state index is -1.02. The van der Waals surface area contributed by atoms with E-state index in [0.717, 1.165) is 5.56 Å². The molecular formula is C29H28ClNO7. The number of halogens is 1. The van der Waals surface area contributed by atoms with Crippen molar-refractivity contribution in [2.24, 2.45) is 0 Å². The first-order chi connectivity index (χ1) is 18.2. The number of hydrogen-bond donors (Lipinski definition) is 2. The first kappa shape index (κ1) is 26.9. The molecule has 1 unspecified atom stereocenters. The molecule has 1 saturated heterocycles. The van der Waals surface area contributed by atoms with Crippen LogP contribution >= 0.6 is 11.6 Å². The summed E-state index contributed by atoms with van der Waals surface area (Å²) in [5.74, 6) is -1.06. The zero-order chi connectivity index (χ0) is 27.6. The highest BCUT2D eigenvalue weighted by atomic mass is 35.5. The van der Waals surface area contributed by atoms with Gasteiger partial charge in [-0.1, -0.05) is 23.7 Å². The predicted octanol–water partition coefficient (Wildman–Crippen LogP) is 5.79. The number of nitrogens with zero attached hydrogens (tertiary/aromatic N) is 1. The second-order valence-electron chi connectivity index (χ2n) is 8.59. The Morgan fingerprint density at radius 3 is 2.26 bits per heavy atom. The maximum absolute atomic E-state index is 13.5. The smallest absolute Gasteiger partial charge is 0.300 e. The third-order valence-corrected chi connectivity index (χ3v) is 6.39. The average Bonchev–Trinajstić information content (AvgIpc) is 3.15. The molecule has 8 nitrogen and oxygen atoms in total. The molecule has 38 heavy (non-hydrogen) atoms. The van der Waals surface area contributed by atoms with Crippen LogP contribution in [0.25, 0.3) is 5.76 Å². The molecule has 3 aromatic carbocycles. The van der Waals surface area contributed by atoms with Gasteiger partial charge in [-0.05, 0) is 68.3 Å². The van der Waals surface area contributed by atoms with E-state index in [4.69, 9.17) is 25.8 Å². The number of aliphatic hydroxyl groups excluding tert-OH is 1. The number of carbonyl (C=O) groups is 2. The van der Waals surface area contributed by atoms with Gasteiger partial charge in [0.1, 0.15) is 17.3 Å². The summed E-state index contributed by atoms with van der Waals surface area (Å²) in [6, 6.07) is 13.3. The second kappa shape index (κ2) is 11.1. The van der Waals surface area contributed by atoms with Gasteiger partial charge in [-0.15, -0.1) is 0 Å². The van der Waals surface area contributed by atoms with Crippen LogP contribution in [-0.4, -0.2) is 42.2 Å². The molecule has 1 amide bonds. The molecule has 2 N–H and O–H groups in total. The van der Waals surface area contributed by atoms with Gasteiger partial charge < -0.3 is 24.4 Å². The van der Waals surface area contributed by atoms with Crippen molar-refractivity contribution >= 4 is 34.7 Å². The lowest BCUT2D eigenvalue weighted by Gasteiger charge is -2.26. The lowest BCUT2D eigenvalue weighted by molar-refractivity contribution is -0.132. The van der Waals surface area contributed by atoms with Crippen molar-refractivity contribution in [2.75, 3.05) is 25.2 Å². The van der Waals surface area contributed by atoms with Crippen LogP contribution in [0.2, 0.25) is 5.02 Å². The number of aryl methyl sites for hydroxylation is 1. The molecule has 0 aliphatic carbocycles. The number of anilines is 1.